The van der Waals surface area contributed by atoms with Crippen molar-refractivity contribution in [3.8, 4) is 0 Å². The molecular weight excluding hydrogens is 236 g/mol. The van der Waals surface area contributed by atoms with Crippen LogP contribution >= 0.6 is 0 Å². The molecule has 19 heavy (non-hydrogen) atoms. The lowest BCUT2D eigenvalue weighted by Crippen LogP contribution is -2.17. The van der Waals surface area contributed by atoms with Gasteiger partial charge in [0, 0.05) is 5.69 Å². The van der Waals surface area contributed by atoms with Gasteiger partial charge < -0.3 is 9.67 Å². The van der Waals surface area contributed by atoms with Crippen molar-refractivity contribution < 1.29 is 5.11 Å². The Morgan fingerprint density at radius 2 is 2.05 bits per heavy atom. The predicted octanol–water partition coefficient (Wildman–Crippen LogP) is 3.11. The zero-order chi connectivity index (χ0) is 13.4. The average molecular weight is 256 g/mol. The first kappa shape index (κ1) is 12.4. The van der Waals surface area contributed by atoms with E-state index in [-0.39, 0.29) is 6.04 Å². The topological polar surface area (TPSA) is 38.0 Å². The van der Waals surface area contributed by atoms with Gasteiger partial charge in [0.15, 0.2) is 0 Å². The van der Waals surface area contributed by atoms with E-state index in [1.807, 2.05) is 19.3 Å². The Morgan fingerprint density at radius 3 is 2.79 bits per heavy atom. The molecule has 3 nitrogen and oxygen atoms in total. The highest BCUT2D eigenvalue weighted by atomic mass is 16.3. The highest BCUT2D eigenvalue weighted by molar-refractivity contribution is 5.31. The molecular formula is C16H20N2O. The van der Waals surface area contributed by atoms with Crippen molar-refractivity contribution >= 4 is 0 Å². The fraction of sp³-hybridized carbons (Fsp3) is 0.438. The zero-order valence-corrected chi connectivity index (χ0v) is 11.5. The Hall–Kier alpha value is -1.61. The SMILES string of the molecule is Cc1ncn(C2CCCc3ccccc3C2O)c1C. The van der Waals surface area contributed by atoms with Gasteiger partial charge in [-0.2, -0.15) is 0 Å². The molecule has 1 aromatic carbocycles. The number of rotatable bonds is 1. The molecule has 2 aromatic rings. The summed E-state index contributed by atoms with van der Waals surface area (Å²) in [5.74, 6) is 0. The summed E-state index contributed by atoms with van der Waals surface area (Å²) in [6.45, 7) is 4.09. The number of aliphatic hydroxyl groups excluding tert-OH is 1. The normalized spacial score (nSPS) is 22.9. The van der Waals surface area contributed by atoms with Gasteiger partial charge in [-0.3, -0.25) is 0 Å². The van der Waals surface area contributed by atoms with Gasteiger partial charge in [0.25, 0.3) is 0 Å². The summed E-state index contributed by atoms with van der Waals surface area (Å²) < 4.78 is 2.14. The molecule has 0 aliphatic heterocycles. The van der Waals surface area contributed by atoms with Gasteiger partial charge in [-0.25, -0.2) is 4.98 Å². The van der Waals surface area contributed by atoms with Crippen LogP contribution in [-0.4, -0.2) is 14.7 Å². The standard InChI is InChI=1S/C16H20N2O/c1-11-12(2)18(10-17-11)15-9-5-7-13-6-3-4-8-14(13)16(15)19/h3-4,6,8,10,15-16,19H,5,7,9H2,1-2H3. The van der Waals surface area contributed by atoms with Crippen LogP contribution < -0.4 is 0 Å². The van der Waals surface area contributed by atoms with E-state index in [0.29, 0.717) is 0 Å². The molecule has 0 radical (unpaired) electrons. The summed E-state index contributed by atoms with van der Waals surface area (Å²) in [4.78, 5) is 4.36. The number of imidazole rings is 1. The van der Waals surface area contributed by atoms with E-state index < -0.39 is 6.10 Å². The lowest BCUT2D eigenvalue weighted by molar-refractivity contribution is 0.109. The minimum atomic E-state index is -0.439. The fourth-order valence-corrected chi connectivity index (χ4v) is 3.06. The van der Waals surface area contributed by atoms with Crippen LogP contribution in [0.15, 0.2) is 30.6 Å². The second-order valence-electron chi connectivity index (χ2n) is 5.43. The molecule has 2 atom stereocenters. The highest BCUT2D eigenvalue weighted by Crippen LogP contribution is 2.37. The van der Waals surface area contributed by atoms with Crippen LogP contribution in [-0.2, 0) is 6.42 Å². The van der Waals surface area contributed by atoms with Crippen molar-refractivity contribution in [2.45, 2.75) is 45.3 Å². The average Bonchev–Trinajstić information content (AvgIpc) is 2.66. The summed E-state index contributed by atoms with van der Waals surface area (Å²) in [5, 5.41) is 10.7. The Bertz CT molecular complexity index is 588. The Morgan fingerprint density at radius 1 is 1.26 bits per heavy atom. The molecule has 3 rings (SSSR count). The van der Waals surface area contributed by atoms with Crippen LogP contribution in [0.3, 0.4) is 0 Å². The predicted molar refractivity (Wildman–Crippen MR) is 75.1 cm³/mol. The molecule has 1 aliphatic carbocycles. The van der Waals surface area contributed by atoms with Crippen molar-refractivity contribution in [3.63, 3.8) is 0 Å². The molecule has 2 unspecified atom stereocenters. The van der Waals surface area contributed by atoms with Crippen molar-refractivity contribution in [2.75, 3.05) is 0 Å². The van der Waals surface area contributed by atoms with Crippen LogP contribution in [0.4, 0.5) is 0 Å². The molecule has 0 fully saturated rings. The Kier molecular flexibility index (Phi) is 3.15. The quantitative estimate of drug-likeness (QED) is 0.796. The number of hydrogen-bond acceptors (Lipinski definition) is 2. The molecule has 0 saturated heterocycles. The maximum absolute atomic E-state index is 10.7. The molecule has 0 amide bonds. The van der Waals surface area contributed by atoms with Crippen LogP contribution in [0.25, 0.3) is 0 Å². The van der Waals surface area contributed by atoms with Gasteiger partial charge in [-0.1, -0.05) is 24.3 Å². The van der Waals surface area contributed by atoms with E-state index >= 15 is 0 Å². The van der Waals surface area contributed by atoms with E-state index in [4.69, 9.17) is 0 Å². The molecule has 3 heteroatoms. The smallest absolute Gasteiger partial charge is 0.1000 e. The fourth-order valence-electron chi connectivity index (χ4n) is 3.06. The van der Waals surface area contributed by atoms with E-state index in [0.717, 1.165) is 36.2 Å². The second kappa shape index (κ2) is 4.82. The molecule has 0 spiro atoms. The number of nitrogens with zero attached hydrogens (tertiary/aromatic N) is 2. The summed E-state index contributed by atoms with van der Waals surface area (Å²) in [6.07, 6.45) is 4.58. The Balaban J connectivity index is 2.02. The number of fused-ring (bicyclic) bond motifs is 1. The third-order valence-corrected chi connectivity index (χ3v) is 4.33. The molecule has 0 bridgehead atoms. The van der Waals surface area contributed by atoms with Crippen molar-refractivity contribution in [1.29, 1.82) is 0 Å². The van der Waals surface area contributed by atoms with Gasteiger partial charge in [-0.15, -0.1) is 0 Å². The molecule has 0 saturated carbocycles. The summed E-state index contributed by atoms with van der Waals surface area (Å²) in [7, 11) is 0. The first-order valence-electron chi connectivity index (χ1n) is 6.94. The van der Waals surface area contributed by atoms with E-state index in [1.54, 1.807) is 0 Å². The van der Waals surface area contributed by atoms with Crippen molar-refractivity contribution in [1.82, 2.24) is 9.55 Å². The number of aryl methyl sites for hydroxylation is 2. The van der Waals surface area contributed by atoms with Crippen LogP contribution in [0.1, 0.15) is 47.5 Å². The van der Waals surface area contributed by atoms with Crippen molar-refractivity contribution in [2.24, 2.45) is 0 Å². The maximum Gasteiger partial charge on any atom is 0.1000 e. The molecule has 1 aliphatic rings. The third kappa shape index (κ3) is 2.08. The van der Waals surface area contributed by atoms with Crippen LogP contribution in [0.2, 0.25) is 0 Å². The first-order chi connectivity index (χ1) is 9.18. The number of benzene rings is 1. The minimum absolute atomic E-state index is 0.102. The lowest BCUT2D eigenvalue weighted by Gasteiger charge is -2.24. The van der Waals surface area contributed by atoms with E-state index in [2.05, 4.69) is 34.7 Å². The van der Waals surface area contributed by atoms with Gasteiger partial charge in [0.2, 0.25) is 0 Å². The van der Waals surface area contributed by atoms with Crippen molar-refractivity contribution in [3.05, 3.63) is 53.1 Å². The van der Waals surface area contributed by atoms with Gasteiger partial charge in [-0.05, 0) is 44.2 Å². The highest BCUT2D eigenvalue weighted by Gasteiger charge is 2.28. The molecule has 1 heterocycles. The third-order valence-electron chi connectivity index (χ3n) is 4.33. The van der Waals surface area contributed by atoms with E-state index in [9.17, 15) is 5.11 Å². The zero-order valence-electron chi connectivity index (χ0n) is 11.5. The molecule has 1 aromatic heterocycles. The maximum atomic E-state index is 10.7. The van der Waals surface area contributed by atoms with E-state index in [1.165, 1.54) is 5.56 Å². The Labute approximate surface area is 113 Å². The number of hydrogen-bond donors (Lipinski definition) is 1. The van der Waals surface area contributed by atoms with Crippen LogP contribution in [0.5, 0.6) is 0 Å². The van der Waals surface area contributed by atoms with Gasteiger partial charge in [0.05, 0.1) is 24.2 Å². The monoisotopic (exact) mass is 256 g/mol. The van der Waals surface area contributed by atoms with Crippen LogP contribution in [0, 0.1) is 13.8 Å². The number of aromatic nitrogens is 2. The largest absolute Gasteiger partial charge is 0.386 e. The first-order valence-corrected chi connectivity index (χ1v) is 6.94. The van der Waals surface area contributed by atoms with Gasteiger partial charge in [0.1, 0.15) is 0 Å². The minimum Gasteiger partial charge on any atom is -0.386 e. The second-order valence-corrected chi connectivity index (χ2v) is 5.43. The molecule has 100 valence electrons. The summed E-state index contributed by atoms with van der Waals surface area (Å²) in [5.41, 5.74) is 4.57. The van der Waals surface area contributed by atoms with Gasteiger partial charge >= 0.3 is 0 Å². The number of aliphatic hydroxyl groups is 1. The molecule has 1 N–H and O–H groups in total. The lowest BCUT2D eigenvalue weighted by atomic mass is 9.98. The summed E-state index contributed by atoms with van der Waals surface area (Å²) in [6, 6.07) is 8.35. The summed E-state index contributed by atoms with van der Waals surface area (Å²) >= 11 is 0.